The van der Waals surface area contributed by atoms with E-state index in [2.05, 4.69) is 15.3 Å². The summed E-state index contributed by atoms with van der Waals surface area (Å²) in [5.74, 6) is 0.610. The van der Waals surface area contributed by atoms with Gasteiger partial charge in [-0.1, -0.05) is 24.3 Å². The van der Waals surface area contributed by atoms with Gasteiger partial charge in [-0.3, -0.25) is 14.5 Å². The van der Waals surface area contributed by atoms with Gasteiger partial charge >= 0.3 is 0 Å². The third kappa shape index (κ3) is 6.37. The van der Waals surface area contributed by atoms with Gasteiger partial charge < -0.3 is 26.0 Å². The Kier molecular flexibility index (Phi) is 7.99. The lowest BCUT2D eigenvalue weighted by atomic mass is 10.1. The van der Waals surface area contributed by atoms with Crippen LogP contribution in [0.1, 0.15) is 29.4 Å². The fraction of sp³-hybridized carbons (Fsp3) is 0.423. The highest BCUT2D eigenvalue weighted by molar-refractivity contribution is 5.97. The average molecular weight is 479 g/mol. The number of nitrogens with one attached hydrogen (secondary N) is 2. The van der Waals surface area contributed by atoms with Crippen LogP contribution in [0.25, 0.3) is 10.9 Å². The summed E-state index contributed by atoms with van der Waals surface area (Å²) in [6, 6.07) is 13.2. The van der Waals surface area contributed by atoms with Crippen molar-refractivity contribution in [1.82, 2.24) is 25.1 Å². The molecule has 2 aromatic heterocycles. The van der Waals surface area contributed by atoms with Gasteiger partial charge in [-0.05, 0) is 49.4 Å². The van der Waals surface area contributed by atoms with E-state index in [9.17, 15) is 14.7 Å². The molecular weight excluding hydrogens is 444 g/mol. The lowest BCUT2D eigenvalue weighted by Gasteiger charge is -2.29. The number of carbonyl (C=O) groups is 2. The summed E-state index contributed by atoms with van der Waals surface area (Å²) in [5.41, 5.74) is 8.17. The van der Waals surface area contributed by atoms with Gasteiger partial charge in [0.1, 0.15) is 11.5 Å². The number of amides is 2. The minimum Gasteiger partial charge on any atom is -0.395 e. The summed E-state index contributed by atoms with van der Waals surface area (Å²) in [7, 11) is 0. The van der Waals surface area contributed by atoms with Gasteiger partial charge in [0.15, 0.2) is 0 Å². The Morgan fingerprint density at radius 2 is 2.14 bits per heavy atom. The maximum Gasteiger partial charge on any atom is 0.267 e. The molecule has 1 unspecified atom stereocenters. The smallest absolute Gasteiger partial charge is 0.267 e. The minimum absolute atomic E-state index is 0.0182. The number of rotatable bonds is 10. The maximum absolute atomic E-state index is 13.0. The highest BCUT2D eigenvalue weighted by Crippen LogP contribution is 2.18. The van der Waals surface area contributed by atoms with E-state index in [1.54, 1.807) is 12.3 Å². The van der Waals surface area contributed by atoms with Crippen LogP contribution in [0.2, 0.25) is 0 Å². The maximum atomic E-state index is 13.0. The summed E-state index contributed by atoms with van der Waals surface area (Å²) in [6.45, 7) is 4.61. The van der Waals surface area contributed by atoms with Crippen LogP contribution in [0.15, 0.2) is 48.7 Å². The first kappa shape index (κ1) is 24.7. The van der Waals surface area contributed by atoms with Crippen molar-refractivity contribution in [2.45, 2.75) is 25.8 Å². The second kappa shape index (κ2) is 11.3. The zero-order chi connectivity index (χ0) is 24.8. The molecule has 1 aromatic carbocycles. The van der Waals surface area contributed by atoms with E-state index in [0.717, 1.165) is 22.9 Å². The van der Waals surface area contributed by atoms with Crippen LogP contribution in [-0.2, 0) is 11.2 Å². The molecule has 0 spiro atoms. The number of likely N-dealkylation sites (tertiary alicyclic amines) is 1. The van der Waals surface area contributed by atoms with Crippen LogP contribution in [0.5, 0.6) is 0 Å². The van der Waals surface area contributed by atoms with Crippen molar-refractivity contribution in [2.75, 3.05) is 45.1 Å². The van der Waals surface area contributed by atoms with Gasteiger partial charge in [-0.25, -0.2) is 4.98 Å². The summed E-state index contributed by atoms with van der Waals surface area (Å²) < 4.78 is 0. The molecule has 186 valence electrons. The van der Waals surface area contributed by atoms with Gasteiger partial charge in [0, 0.05) is 49.3 Å². The molecule has 0 radical (unpaired) electrons. The molecule has 0 saturated carbocycles. The molecule has 9 heteroatoms. The zero-order valence-corrected chi connectivity index (χ0v) is 20.1. The lowest BCUT2D eigenvalue weighted by molar-refractivity contribution is -0.132. The zero-order valence-electron chi connectivity index (χ0n) is 20.1. The van der Waals surface area contributed by atoms with E-state index in [1.165, 1.54) is 0 Å². The number of para-hydroxylation sites is 1. The fourth-order valence-corrected chi connectivity index (χ4v) is 4.45. The molecule has 2 amide bonds. The number of aliphatic hydroxyl groups excluding tert-OH is 1. The van der Waals surface area contributed by atoms with Gasteiger partial charge in [0.2, 0.25) is 5.91 Å². The Bertz CT molecular complexity index is 1110. The highest BCUT2D eigenvalue weighted by atomic mass is 16.3. The number of H-pyrrole nitrogens is 1. The molecule has 1 fully saturated rings. The molecule has 5 N–H and O–H groups in total. The molecule has 3 aromatic rings. The molecule has 0 aliphatic carbocycles. The van der Waals surface area contributed by atoms with E-state index < -0.39 is 0 Å². The Hall–Kier alpha value is -3.43. The molecular formula is C26H34N6O3. The third-order valence-corrected chi connectivity index (χ3v) is 6.73. The summed E-state index contributed by atoms with van der Waals surface area (Å²) in [5, 5.41) is 13.7. The van der Waals surface area contributed by atoms with Crippen LogP contribution in [0, 0.1) is 5.92 Å². The van der Waals surface area contributed by atoms with Gasteiger partial charge in [0.25, 0.3) is 5.91 Å². The molecule has 1 aliphatic rings. The van der Waals surface area contributed by atoms with Crippen molar-refractivity contribution in [2.24, 2.45) is 5.92 Å². The number of anilines is 1. The number of nitrogens with two attached hydrogens (primary N) is 1. The summed E-state index contributed by atoms with van der Waals surface area (Å²) in [6.07, 6.45) is 3.31. The molecule has 2 atom stereocenters. The van der Waals surface area contributed by atoms with Crippen molar-refractivity contribution in [3.8, 4) is 0 Å². The Balaban J connectivity index is 1.25. The Morgan fingerprint density at radius 1 is 1.31 bits per heavy atom. The van der Waals surface area contributed by atoms with Crippen molar-refractivity contribution in [3.63, 3.8) is 0 Å². The number of nitrogen functional groups attached to an aromatic ring is 1. The molecule has 35 heavy (non-hydrogen) atoms. The van der Waals surface area contributed by atoms with E-state index in [0.29, 0.717) is 44.1 Å². The predicted molar refractivity (Wildman–Crippen MR) is 136 cm³/mol. The van der Waals surface area contributed by atoms with Crippen LogP contribution in [0.4, 0.5) is 5.82 Å². The number of aliphatic hydroxyl groups is 1. The number of carbonyl (C=O) groups excluding carboxylic acids is 2. The van der Waals surface area contributed by atoms with E-state index in [-0.39, 0.29) is 36.9 Å². The second-order valence-corrected chi connectivity index (χ2v) is 9.32. The van der Waals surface area contributed by atoms with Crippen molar-refractivity contribution in [1.29, 1.82) is 0 Å². The number of fused-ring (bicyclic) bond motifs is 1. The van der Waals surface area contributed by atoms with Crippen LogP contribution >= 0.6 is 0 Å². The quantitative estimate of drug-likeness (QED) is 0.351. The third-order valence-electron chi connectivity index (χ3n) is 6.73. The summed E-state index contributed by atoms with van der Waals surface area (Å²) in [4.78, 5) is 36.7. The van der Waals surface area contributed by atoms with Gasteiger partial charge in [-0.2, -0.15) is 0 Å². The topological polar surface area (TPSA) is 128 Å². The molecule has 0 bridgehead atoms. The van der Waals surface area contributed by atoms with Gasteiger partial charge in [0.05, 0.1) is 13.2 Å². The van der Waals surface area contributed by atoms with E-state index in [1.807, 2.05) is 53.1 Å². The molecule has 9 nitrogen and oxygen atoms in total. The molecule has 4 rings (SSSR count). The number of hydrogen-bond acceptors (Lipinski definition) is 6. The monoisotopic (exact) mass is 478 g/mol. The van der Waals surface area contributed by atoms with Crippen LogP contribution in [-0.4, -0.2) is 82.1 Å². The Morgan fingerprint density at radius 3 is 2.89 bits per heavy atom. The first-order chi connectivity index (χ1) is 16.9. The van der Waals surface area contributed by atoms with Gasteiger partial charge in [-0.15, -0.1) is 0 Å². The number of pyridine rings is 1. The van der Waals surface area contributed by atoms with Crippen LogP contribution in [0.3, 0.4) is 0 Å². The lowest BCUT2D eigenvalue weighted by Crippen LogP contribution is -2.45. The predicted octanol–water partition coefficient (Wildman–Crippen LogP) is 1.65. The number of nitrogens with zero attached hydrogens (tertiary/aromatic N) is 3. The molecule has 1 aliphatic heterocycles. The fourth-order valence-electron chi connectivity index (χ4n) is 4.45. The molecule has 1 saturated heterocycles. The van der Waals surface area contributed by atoms with E-state index in [4.69, 9.17) is 5.73 Å². The highest BCUT2D eigenvalue weighted by Gasteiger charge is 2.28. The number of aromatic nitrogens is 2. The standard InChI is InChI=1S/C26H34N6O3/c1-18(17-33)31(10-8-19-6-7-24(27)28-13-19)16-25(34)32-11-9-20(15-32)14-29-26(35)23-12-21-4-2-3-5-22(21)30-23/h2-7,12-13,18,20,30,33H,8-11,14-17H2,1H3,(H2,27,28)(H,29,35)/t18-,20?/m0/s1. The Labute approximate surface area is 205 Å². The number of aromatic amines is 1. The minimum atomic E-state index is -0.133. The van der Waals surface area contributed by atoms with Crippen molar-refractivity contribution >= 4 is 28.5 Å². The normalized spacial score (nSPS) is 16.7. The number of hydrogen-bond donors (Lipinski definition) is 4. The first-order valence-electron chi connectivity index (χ1n) is 12.1. The SMILES string of the molecule is C[C@@H](CO)N(CCc1ccc(N)nc1)CC(=O)N1CCC(CNC(=O)c2cc3ccccc3[nH]2)C1. The van der Waals surface area contributed by atoms with Crippen molar-refractivity contribution < 1.29 is 14.7 Å². The first-order valence-corrected chi connectivity index (χ1v) is 12.1. The van der Waals surface area contributed by atoms with E-state index >= 15 is 0 Å². The van der Waals surface area contributed by atoms with Crippen LogP contribution < -0.4 is 11.1 Å². The average Bonchev–Trinajstić information content (AvgIpc) is 3.53. The summed E-state index contributed by atoms with van der Waals surface area (Å²) >= 11 is 0. The molecule has 3 heterocycles. The second-order valence-electron chi connectivity index (χ2n) is 9.32. The van der Waals surface area contributed by atoms with Crippen molar-refractivity contribution in [3.05, 3.63) is 59.9 Å². The number of benzene rings is 1. The largest absolute Gasteiger partial charge is 0.395 e.